The number of hydrogen-bond acceptors (Lipinski definition) is 6. The minimum absolute atomic E-state index is 0.0581. The maximum atomic E-state index is 13.1. The van der Waals surface area contributed by atoms with Crippen molar-refractivity contribution in [3.8, 4) is 0 Å². The van der Waals surface area contributed by atoms with Gasteiger partial charge in [0, 0.05) is 25.3 Å². The molecule has 0 amide bonds. The van der Waals surface area contributed by atoms with Crippen LogP contribution in [-0.2, 0) is 12.1 Å². The first-order valence-corrected chi connectivity index (χ1v) is 12.0. The lowest BCUT2D eigenvalue weighted by molar-refractivity contribution is 0.139. The predicted molar refractivity (Wildman–Crippen MR) is 131 cm³/mol. The molecule has 2 aromatic heterocycles. The van der Waals surface area contributed by atoms with E-state index >= 15 is 0 Å². The van der Waals surface area contributed by atoms with Crippen molar-refractivity contribution < 1.29 is 5.11 Å². The van der Waals surface area contributed by atoms with Gasteiger partial charge in [0.05, 0.1) is 17.1 Å². The number of aryl methyl sites for hydroxylation is 2. The number of benzene rings is 1. The first kappa shape index (κ1) is 25.1. The summed E-state index contributed by atoms with van der Waals surface area (Å²) in [6.07, 6.45) is 3.31. The summed E-state index contributed by atoms with van der Waals surface area (Å²) in [5.74, 6) is 0.810. The number of rotatable bonds is 11. The first-order valence-electron chi connectivity index (χ1n) is 12.0. The lowest BCUT2D eigenvalue weighted by atomic mass is 10.0. The van der Waals surface area contributed by atoms with Gasteiger partial charge in [-0.1, -0.05) is 32.4 Å². The zero-order valence-electron chi connectivity index (χ0n) is 20.9. The molecule has 33 heavy (non-hydrogen) atoms. The second-order valence-electron chi connectivity index (χ2n) is 9.56. The van der Waals surface area contributed by atoms with Crippen LogP contribution in [0.5, 0.6) is 0 Å². The van der Waals surface area contributed by atoms with Crippen LogP contribution in [0, 0.1) is 13.8 Å². The van der Waals surface area contributed by atoms with Gasteiger partial charge in [0.1, 0.15) is 0 Å². The third-order valence-corrected chi connectivity index (χ3v) is 6.84. The number of H-pyrrole nitrogens is 1. The molecule has 180 valence electrons. The predicted octanol–water partition coefficient (Wildman–Crippen LogP) is 4.00. The third kappa shape index (κ3) is 5.33. The van der Waals surface area contributed by atoms with Gasteiger partial charge in [-0.05, 0) is 80.0 Å². The molecule has 0 unspecified atom stereocenters. The van der Waals surface area contributed by atoms with E-state index < -0.39 is 0 Å². The van der Waals surface area contributed by atoms with Gasteiger partial charge in [0.15, 0.2) is 5.82 Å². The van der Waals surface area contributed by atoms with Crippen LogP contribution in [0.4, 0.5) is 0 Å². The highest BCUT2D eigenvalue weighted by Gasteiger charge is 2.31. The van der Waals surface area contributed by atoms with Crippen molar-refractivity contribution in [2.24, 2.45) is 0 Å². The lowest BCUT2D eigenvalue weighted by Gasteiger charge is -2.33. The number of aliphatic hydroxyl groups excluding tert-OH is 1. The molecule has 8 heteroatoms. The lowest BCUT2D eigenvalue weighted by Crippen LogP contribution is -2.37. The maximum absolute atomic E-state index is 13.1. The Morgan fingerprint density at radius 1 is 1.24 bits per heavy atom. The van der Waals surface area contributed by atoms with E-state index in [1.807, 2.05) is 17.7 Å². The Balaban J connectivity index is 2.04. The molecule has 0 aliphatic rings. The number of hydrogen-bond donors (Lipinski definition) is 2. The summed E-state index contributed by atoms with van der Waals surface area (Å²) in [6, 6.07) is 6.08. The average Bonchev–Trinajstić information content (AvgIpc) is 3.29. The van der Waals surface area contributed by atoms with Crippen molar-refractivity contribution >= 4 is 10.9 Å². The second-order valence-corrected chi connectivity index (χ2v) is 9.56. The van der Waals surface area contributed by atoms with Crippen LogP contribution in [0.15, 0.2) is 23.0 Å². The second kappa shape index (κ2) is 10.6. The van der Waals surface area contributed by atoms with Crippen LogP contribution in [-0.4, -0.2) is 48.3 Å². The van der Waals surface area contributed by atoms with Gasteiger partial charge in [-0.3, -0.25) is 9.69 Å². The molecule has 0 aliphatic heterocycles. The molecule has 0 aliphatic carbocycles. The minimum atomic E-state index is -0.219. The third-order valence-electron chi connectivity index (χ3n) is 6.84. The van der Waals surface area contributed by atoms with E-state index in [2.05, 4.69) is 72.2 Å². The van der Waals surface area contributed by atoms with Crippen LogP contribution < -0.4 is 5.56 Å². The Hall–Kier alpha value is -2.58. The summed E-state index contributed by atoms with van der Waals surface area (Å²) in [7, 11) is 0. The number of fused-ring (bicyclic) bond motifs is 1. The minimum Gasteiger partial charge on any atom is -0.396 e. The van der Waals surface area contributed by atoms with Gasteiger partial charge < -0.3 is 10.1 Å². The Morgan fingerprint density at radius 3 is 2.67 bits per heavy atom. The van der Waals surface area contributed by atoms with E-state index in [1.165, 1.54) is 0 Å². The summed E-state index contributed by atoms with van der Waals surface area (Å²) >= 11 is 0. The molecule has 0 radical (unpaired) electrons. The first-order chi connectivity index (χ1) is 15.7. The Kier molecular flexibility index (Phi) is 8.02. The van der Waals surface area contributed by atoms with Crippen LogP contribution in [0.3, 0.4) is 0 Å². The van der Waals surface area contributed by atoms with Crippen molar-refractivity contribution in [3.63, 3.8) is 0 Å². The SMILES string of the molecule is CCC[C@H](c1nnnn1C(C)(C)CC)N(CCCO)Cc1cc2ccc(C)c(C)c2[nH]c1=O. The molecular formula is C25H38N6O2. The molecule has 2 heterocycles. The van der Waals surface area contributed by atoms with E-state index in [0.717, 1.165) is 47.1 Å². The maximum Gasteiger partial charge on any atom is 0.252 e. The van der Waals surface area contributed by atoms with Crippen LogP contribution >= 0.6 is 0 Å². The molecule has 1 aromatic carbocycles. The fraction of sp³-hybridized carbons (Fsp3) is 0.600. The van der Waals surface area contributed by atoms with E-state index in [9.17, 15) is 9.90 Å². The van der Waals surface area contributed by atoms with Gasteiger partial charge in [-0.25, -0.2) is 4.68 Å². The number of aliphatic hydroxyl groups is 1. The zero-order valence-corrected chi connectivity index (χ0v) is 20.9. The van der Waals surface area contributed by atoms with Crippen molar-refractivity contribution in [1.82, 2.24) is 30.1 Å². The van der Waals surface area contributed by atoms with Gasteiger partial charge in [-0.2, -0.15) is 0 Å². The van der Waals surface area contributed by atoms with Crippen molar-refractivity contribution in [3.05, 3.63) is 51.1 Å². The molecule has 0 bridgehead atoms. The van der Waals surface area contributed by atoms with E-state index in [1.54, 1.807) is 0 Å². The molecule has 0 spiro atoms. The topological polar surface area (TPSA) is 99.9 Å². The number of nitrogens with zero attached hydrogens (tertiary/aromatic N) is 5. The zero-order chi connectivity index (χ0) is 24.2. The summed E-state index contributed by atoms with van der Waals surface area (Å²) in [5, 5.41) is 23.3. The number of pyridine rings is 1. The average molecular weight is 455 g/mol. The van der Waals surface area contributed by atoms with Crippen LogP contribution in [0.1, 0.15) is 81.9 Å². The van der Waals surface area contributed by atoms with E-state index in [4.69, 9.17) is 0 Å². The molecule has 0 fully saturated rings. The molecular weight excluding hydrogens is 416 g/mol. The van der Waals surface area contributed by atoms with E-state index in [0.29, 0.717) is 25.1 Å². The Morgan fingerprint density at radius 2 is 2.00 bits per heavy atom. The van der Waals surface area contributed by atoms with Gasteiger partial charge in [-0.15, -0.1) is 5.10 Å². The molecule has 3 rings (SSSR count). The number of nitrogens with one attached hydrogen (secondary N) is 1. The van der Waals surface area contributed by atoms with Crippen molar-refractivity contribution in [1.29, 1.82) is 0 Å². The standard InChI is InChI=1S/C25H38N6O2/c1-7-10-21(23-27-28-29-31(23)25(5,6)8-2)30(13-9-14-32)16-20-15-19-12-11-17(3)18(4)22(19)26-24(20)33/h11-12,15,21,32H,7-10,13-14,16H2,1-6H3,(H,26,33)/t21-/m1/s1. The number of aromatic amines is 1. The number of aromatic nitrogens is 5. The fourth-order valence-electron chi connectivity index (χ4n) is 4.26. The quantitative estimate of drug-likeness (QED) is 0.454. The van der Waals surface area contributed by atoms with E-state index in [-0.39, 0.29) is 23.7 Å². The molecule has 2 N–H and O–H groups in total. The highest BCUT2D eigenvalue weighted by molar-refractivity contribution is 5.83. The molecule has 0 saturated heterocycles. The fourth-order valence-corrected chi connectivity index (χ4v) is 4.26. The smallest absolute Gasteiger partial charge is 0.252 e. The molecule has 8 nitrogen and oxygen atoms in total. The highest BCUT2D eigenvalue weighted by Crippen LogP contribution is 2.30. The molecule has 0 saturated carbocycles. The summed E-state index contributed by atoms with van der Waals surface area (Å²) in [6.45, 7) is 13.8. The summed E-state index contributed by atoms with van der Waals surface area (Å²) in [5.41, 5.74) is 3.56. The summed E-state index contributed by atoms with van der Waals surface area (Å²) < 4.78 is 1.93. The van der Waals surface area contributed by atoms with Gasteiger partial charge in [0.25, 0.3) is 5.56 Å². The van der Waals surface area contributed by atoms with Gasteiger partial charge >= 0.3 is 0 Å². The largest absolute Gasteiger partial charge is 0.396 e. The Bertz CT molecular complexity index is 1130. The number of tetrazole rings is 1. The Labute approximate surface area is 196 Å². The van der Waals surface area contributed by atoms with Crippen molar-refractivity contribution in [2.45, 2.75) is 85.4 Å². The normalized spacial score (nSPS) is 13.2. The molecule has 1 atom stereocenters. The molecule has 3 aromatic rings. The van der Waals surface area contributed by atoms with Gasteiger partial charge in [0.2, 0.25) is 0 Å². The van der Waals surface area contributed by atoms with Crippen LogP contribution in [0.25, 0.3) is 10.9 Å². The highest BCUT2D eigenvalue weighted by atomic mass is 16.3. The van der Waals surface area contributed by atoms with Crippen molar-refractivity contribution in [2.75, 3.05) is 13.2 Å². The monoisotopic (exact) mass is 454 g/mol. The van der Waals surface area contributed by atoms with Crippen LogP contribution in [0.2, 0.25) is 0 Å². The summed E-state index contributed by atoms with van der Waals surface area (Å²) in [4.78, 5) is 18.4.